The monoisotopic (exact) mass is 219 g/mol. The first-order chi connectivity index (χ1) is 7.84. The van der Waals surface area contributed by atoms with Crippen molar-refractivity contribution in [3.63, 3.8) is 0 Å². The summed E-state index contributed by atoms with van der Waals surface area (Å²) in [6, 6.07) is 8.09. The first-order valence-corrected chi connectivity index (χ1v) is 5.66. The largest absolute Gasteiger partial charge is 0.492 e. The summed E-state index contributed by atoms with van der Waals surface area (Å²) in [4.78, 5) is 0. The minimum Gasteiger partial charge on any atom is -0.492 e. The van der Waals surface area contributed by atoms with E-state index in [2.05, 4.69) is 29.4 Å². The fourth-order valence-corrected chi connectivity index (χ4v) is 1.56. The number of benzene rings is 1. The molecule has 0 unspecified atom stereocenters. The van der Waals surface area contributed by atoms with Gasteiger partial charge in [0.05, 0.1) is 13.1 Å². The van der Waals surface area contributed by atoms with Crippen molar-refractivity contribution in [1.29, 1.82) is 0 Å². The molecule has 0 radical (unpaired) electrons. The summed E-state index contributed by atoms with van der Waals surface area (Å²) in [6.45, 7) is 5.37. The smallest absolute Gasteiger partial charge is 0.119 e. The molecule has 1 aliphatic rings. The Morgan fingerprint density at radius 2 is 2.12 bits per heavy atom. The van der Waals surface area contributed by atoms with E-state index in [0.29, 0.717) is 6.61 Å². The van der Waals surface area contributed by atoms with E-state index in [1.54, 1.807) is 0 Å². The molecule has 86 valence electrons. The van der Waals surface area contributed by atoms with Crippen LogP contribution in [0.2, 0.25) is 0 Å². The van der Waals surface area contributed by atoms with Gasteiger partial charge in [0.1, 0.15) is 12.4 Å². The quantitative estimate of drug-likeness (QED) is 0.780. The minimum atomic E-state index is 0.655. The van der Waals surface area contributed by atoms with Crippen LogP contribution in [0.15, 0.2) is 34.6 Å². The van der Waals surface area contributed by atoms with Crippen LogP contribution in [0.1, 0.15) is 12.0 Å². The molecule has 0 amide bonds. The molecule has 0 N–H and O–H groups in total. The fraction of sp³-hybridized carbons (Fsp3) is 0.500. The molecule has 0 aliphatic carbocycles. The number of aryl methyl sites for hydroxylation is 1. The SMILES string of the molecule is Cc1ccc(OCCN2CCCN=N2)cc1. The van der Waals surface area contributed by atoms with Gasteiger partial charge in [-0.3, -0.25) is 5.01 Å². The van der Waals surface area contributed by atoms with E-state index in [1.165, 1.54) is 5.56 Å². The maximum atomic E-state index is 5.62. The number of hydrogen-bond donors (Lipinski definition) is 0. The standard InChI is InChI=1S/C12H17N3O/c1-11-3-5-12(6-4-11)16-10-9-15-8-2-7-13-14-15/h3-6H,2,7-10H2,1H3. The number of rotatable bonds is 4. The average molecular weight is 219 g/mol. The Balaban J connectivity index is 1.73. The highest BCUT2D eigenvalue weighted by molar-refractivity contribution is 5.26. The van der Waals surface area contributed by atoms with E-state index in [0.717, 1.165) is 31.8 Å². The summed E-state index contributed by atoms with van der Waals surface area (Å²) in [7, 11) is 0. The van der Waals surface area contributed by atoms with Crippen molar-refractivity contribution in [2.45, 2.75) is 13.3 Å². The third-order valence-corrected chi connectivity index (χ3v) is 2.50. The van der Waals surface area contributed by atoms with Crippen molar-refractivity contribution >= 4 is 0 Å². The Hall–Kier alpha value is -1.58. The lowest BCUT2D eigenvalue weighted by molar-refractivity contribution is 0.189. The zero-order chi connectivity index (χ0) is 11.2. The molecule has 1 heterocycles. The number of nitrogens with zero attached hydrogens (tertiary/aromatic N) is 3. The molecule has 0 spiro atoms. The van der Waals surface area contributed by atoms with Crippen molar-refractivity contribution in [1.82, 2.24) is 5.01 Å². The van der Waals surface area contributed by atoms with Gasteiger partial charge in [-0.25, -0.2) is 0 Å². The van der Waals surface area contributed by atoms with Crippen LogP contribution in [0.5, 0.6) is 5.75 Å². The molecular formula is C12H17N3O. The normalized spacial score (nSPS) is 15.2. The van der Waals surface area contributed by atoms with Gasteiger partial charge in [-0.1, -0.05) is 22.9 Å². The molecule has 0 bridgehead atoms. The Kier molecular flexibility index (Phi) is 3.75. The number of ether oxygens (including phenoxy) is 1. The molecule has 0 atom stereocenters. The summed E-state index contributed by atoms with van der Waals surface area (Å²) < 4.78 is 5.62. The molecule has 0 aromatic heterocycles. The Labute approximate surface area is 95.9 Å². The van der Waals surface area contributed by atoms with Gasteiger partial charge < -0.3 is 4.74 Å². The fourth-order valence-electron chi connectivity index (χ4n) is 1.56. The second kappa shape index (κ2) is 5.49. The van der Waals surface area contributed by atoms with Crippen LogP contribution in [0, 0.1) is 6.92 Å². The summed E-state index contributed by atoms with van der Waals surface area (Å²) in [5.74, 6) is 0.916. The zero-order valence-electron chi connectivity index (χ0n) is 9.59. The van der Waals surface area contributed by atoms with Crippen molar-refractivity contribution < 1.29 is 4.74 Å². The van der Waals surface area contributed by atoms with Crippen LogP contribution in [-0.2, 0) is 0 Å². The van der Waals surface area contributed by atoms with E-state index >= 15 is 0 Å². The van der Waals surface area contributed by atoms with Gasteiger partial charge in [-0.15, -0.1) is 0 Å². The molecule has 4 nitrogen and oxygen atoms in total. The molecule has 0 fully saturated rings. The van der Waals surface area contributed by atoms with Gasteiger partial charge in [0, 0.05) is 6.54 Å². The maximum Gasteiger partial charge on any atom is 0.119 e. The predicted molar refractivity (Wildman–Crippen MR) is 62.6 cm³/mol. The van der Waals surface area contributed by atoms with E-state index in [4.69, 9.17) is 4.74 Å². The lowest BCUT2D eigenvalue weighted by Gasteiger charge is -2.20. The summed E-state index contributed by atoms with van der Waals surface area (Å²) in [5, 5.41) is 10.0. The van der Waals surface area contributed by atoms with E-state index in [1.807, 2.05) is 17.1 Å². The molecule has 1 aliphatic heterocycles. The number of hydrogen-bond acceptors (Lipinski definition) is 4. The lowest BCUT2D eigenvalue weighted by atomic mass is 10.2. The first kappa shape index (κ1) is 10.9. The van der Waals surface area contributed by atoms with E-state index < -0.39 is 0 Å². The van der Waals surface area contributed by atoms with E-state index in [-0.39, 0.29) is 0 Å². The zero-order valence-corrected chi connectivity index (χ0v) is 9.59. The molecule has 4 heteroatoms. The highest BCUT2D eigenvalue weighted by Crippen LogP contribution is 2.11. The van der Waals surface area contributed by atoms with Crippen LogP contribution in [0.4, 0.5) is 0 Å². The van der Waals surface area contributed by atoms with Gasteiger partial charge >= 0.3 is 0 Å². The second-order valence-electron chi connectivity index (χ2n) is 3.92. The highest BCUT2D eigenvalue weighted by atomic mass is 16.5. The van der Waals surface area contributed by atoms with Crippen LogP contribution in [0.25, 0.3) is 0 Å². The first-order valence-electron chi connectivity index (χ1n) is 5.66. The summed E-state index contributed by atoms with van der Waals surface area (Å²) in [5.41, 5.74) is 1.25. The third-order valence-electron chi connectivity index (χ3n) is 2.50. The van der Waals surface area contributed by atoms with Gasteiger partial charge in [-0.05, 0) is 25.5 Å². The Morgan fingerprint density at radius 3 is 2.81 bits per heavy atom. The van der Waals surface area contributed by atoms with Crippen molar-refractivity contribution in [2.75, 3.05) is 26.2 Å². The van der Waals surface area contributed by atoms with Gasteiger partial charge in [0.2, 0.25) is 0 Å². The lowest BCUT2D eigenvalue weighted by Crippen LogP contribution is -2.26. The molecule has 0 saturated heterocycles. The van der Waals surface area contributed by atoms with Crippen molar-refractivity contribution in [2.24, 2.45) is 10.3 Å². The summed E-state index contributed by atoms with van der Waals surface area (Å²) >= 11 is 0. The van der Waals surface area contributed by atoms with Gasteiger partial charge in [0.25, 0.3) is 0 Å². The maximum absolute atomic E-state index is 5.62. The molecular weight excluding hydrogens is 202 g/mol. The summed E-state index contributed by atoms with van der Waals surface area (Å²) in [6.07, 6.45) is 1.09. The molecule has 16 heavy (non-hydrogen) atoms. The van der Waals surface area contributed by atoms with Crippen molar-refractivity contribution in [3.05, 3.63) is 29.8 Å². The van der Waals surface area contributed by atoms with Gasteiger partial charge in [-0.2, -0.15) is 5.11 Å². The van der Waals surface area contributed by atoms with Crippen LogP contribution in [-0.4, -0.2) is 31.3 Å². The second-order valence-corrected chi connectivity index (χ2v) is 3.92. The van der Waals surface area contributed by atoms with Crippen LogP contribution < -0.4 is 4.74 Å². The van der Waals surface area contributed by atoms with Crippen LogP contribution >= 0.6 is 0 Å². The Morgan fingerprint density at radius 1 is 1.31 bits per heavy atom. The Bertz CT molecular complexity index is 348. The molecule has 2 rings (SSSR count). The topological polar surface area (TPSA) is 37.2 Å². The molecule has 0 saturated carbocycles. The third kappa shape index (κ3) is 3.22. The molecule has 1 aromatic carbocycles. The van der Waals surface area contributed by atoms with E-state index in [9.17, 15) is 0 Å². The van der Waals surface area contributed by atoms with Crippen LogP contribution in [0.3, 0.4) is 0 Å². The molecule has 1 aromatic rings. The minimum absolute atomic E-state index is 0.655. The van der Waals surface area contributed by atoms with Gasteiger partial charge in [0.15, 0.2) is 0 Å². The highest BCUT2D eigenvalue weighted by Gasteiger charge is 2.05. The van der Waals surface area contributed by atoms with Crippen molar-refractivity contribution in [3.8, 4) is 5.75 Å². The average Bonchev–Trinajstić information content (AvgIpc) is 2.33. The predicted octanol–water partition coefficient (Wildman–Crippen LogP) is 2.45.